The molecule has 0 bridgehead atoms. The fourth-order valence-electron chi connectivity index (χ4n) is 2.58. The quantitative estimate of drug-likeness (QED) is 0.829. The number of fused-ring (bicyclic) bond motifs is 1. The second-order valence-corrected chi connectivity index (χ2v) is 5.91. The van der Waals surface area contributed by atoms with Crippen LogP contribution in [0.2, 0.25) is 0 Å². The molecule has 3 heterocycles. The number of hydrogen-bond donors (Lipinski definition) is 1. The number of aromatic nitrogens is 2. The van der Waals surface area contributed by atoms with Crippen molar-refractivity contribution < 1.29 is 0 Å². The number of likely N-dealkylation sites (tertiary alicyclic amines) is 1. The summed E-state index contributed by atoms with van der Waals surface area (Å²) >= 11 is 1.77. The van der Waals surface area contributed by atoms with Crippen LogP contribution in [0.15, 0.2) is 18.6 Å². The highest BCUT2D eigenvalue weighted by Crippen LogP contribution is 2.33. The molecule has 0 aliphatic carbocycles. The van der Waals surface area contributed by atoms with Gasteiger partial charge in [-0.3, -0.25) is 0 Å². The molecule has 0 amide bonds. The number of piperidine rings is 1. The molecule has 2 N–H and O–H groups in total. The molecule has 1 saturated heterocycles. The van der Waals surface area contributed by atoms with Crippen molar-refractivity contribution in [1.82, 2.24) is 14.9 Å². The van der Waals surface area contributed by atoms with Gasteiger partial charge in [-0.1, -0.05) is 0 Å². The summed E-state index contributed by atoms with van der Waals surface area (Å²) in [6.45, 7) is 2.09. The van der Waals surface area contributed by atoms with E-state index in [1.807, 2.05) is 6.20 Å². The van der Waals surface area contributed by atoms with Crippen LogP contribution >= 0.6 is 11.3 Å². The molecule has 0 radical (unpaired) electrons. The number of hydrogen-bond acceptors (Lipinski definition) is 5. The Morgan fingerprint density at radius 1 is 1.47 bits per heavy atom. The first-order valence-corrected chi connectivity index (χ1v) is 6.67. The SMILES string of the molecule is CN1CC(N)CC(c2cc3cncnc3s2)C1. The predicted molar refractivity (Wildman–Crippen MR) is 70.2 cm³/mol. The zero-order valence-corrected chi connectivity index (χ0v) is 10.7. The van der Waals surface area contributed by atoms with E-state index in [4.69, 9.17) is 5.73 Å². The van der Waals surface area contributed by atoms with Crippen molar-refractivity contribution in [3.05, 3.63) is 23.5 Å². The lowest BCUT2D eigenvalue weighted by Crippen LogP contribution is -2.43. The summed E-state index contributed by atoms with van der Waals surface area (Å²) in [5.74, 6) is 0.544. The van der Waals surface area contributed by atoms with E-state index in [2.05, 4.69) is 28.0 Å². The van der Waals surface area contributed by atoms with Gasteiger partial charge in [0.05, 0.1) is 0 Å². The van der Waals surface area contributed by atoms with Crippen molar-refractivity contribution in [3.8, 4) is 0 Å². The Morgan fingerprint density at radius 2 is 2.35 bits per heavy atom. The number of nitrogens with two attached hydrogens (primary N) is 1. The summed E-state index contributed by atoms with van der Waals surface area (Å²) in [7, 11) is 2.14. The summed E-state index contributed by atoms with van der Waals surface area (Å²) in [4.78, 5) is 13.1. The Bertz CT molecular complexity index is 481. The molecule has 4 nitrogen and oxygen atoms in total. The molecule has 17 heavy (non-hydrogen) atoms. The third kappa shape index (κ3) is 2.18. The summed E-state index contributed by atoms with van der Waals surface area (Å²) in [5, 5.41) is 1.15. The lowest BCUT2D eigenvalue weighted by atomic mass is 9.93. The predicted octanol–water partition coefficient (Wildman–Crippen LogP) is 1.44. The van der Waals surface area contributed by atoms with Gasteiger partial charge in [-0.25, -0.2) is 9.97 Å². The van der Waals surface area contributed by atoms with Crippen LogP contribution in [0.3, 0.4) is 0 Å². The maximum absolute atomic E-state index is 6.08. The van der Waals surface area contributed by atoms with Crippen LogP contribution in [0, 0.1) is 0 Å². The summed E-state index contributed by atoms with van der Waals surface area (Å²) in [6.07, 6.45) is 4.57. The average molecular weight is 248 g/mol. The largest absolute Gasteiger partial charge is 0.327 e. The maximum Gasteiger partial charge on any atom is 0.126 e. The van der Waals surface area contributed by atoms with E-state index < -0.39 is 0 Å². The normalized spacial score (nSPS) is 26.5. The molecule has 0 aromatic carbocycles. The highest BCUT2D eigenvalue weighted by atomic mass is 32.1. The molecule has 2 aromatic heterocycles. The van der Waals surface area contributed by atoms with Crippen LogP contribution in [0.25, 0.3) is 10.2 Å². The molecule has 0 saturated carbocycles. The highest BCUT2D eigenvalue weighted by molar-refractivity contribution is 7.18. The van der Waals surface area contributed by atoms with Crippen LogP contribution in [0.1, 0.15) is 17.2 Å². The van der Waals surface area contributed by atoms with Gasteiger partial charge in [0.25, 0.3) is 0 Å². The Kier molecular flexibility index (Phi) is 2.82. The highest BCUT2D eigenvalue weighted by Gasteiger charge is 2.25. The molecular weight excluding hydrogens is 232 g/mol. The molecule has 5 heteroatoms. The Balaban J connectivity index is 1.92. The van der Waals surface area contributed by atoms with Crippen molar-refractivity contribution in [2.75, 3.05) is 20.1 Å². The molecule has 90 valence electrons. The van der Waals surface area contributed by atoms with E-state index in [9.17, 15) is 0 Å². The van der Waals surface area contributed by atoms with E-state index in [-0.39, 0.29) is 6.04 Å². The molecule has 2 atom stereocenters. The first-order chi connectivity index (χ1) is 8.22. The number of nitrogens with zero attached hydrogens (tertiary/aromatic N) is 3. The average Bonchev–Trinajstić information content (AvgIpc) is 2.71. The van der Waals surface area contributed by atoms with E-state index in [0.29, 0.717) is 5.92 Å². The van der Waals surface area contributed by atoms with Gasteiger partial charge in [-0.2, -0.15) is 0 Å². The number of rotatable bonds is 1. The summed E-state index contributed by atoms with van der Waals surface area (Å²) in [6, 6.07) is 2.51. The van der Waals surface area contributed by atoms with Crippen LogP contribution in [-0.4, -0.2) is 41.0 Å². The van der Waals surface area contributed by atoms with E-state index in [1.165, 1.54) is 4.88 Å². The van der Waals surface area contributed by atoms with Gasteiger partial charge in [-0.15, -0.1) is 11.3 Å². The smallest absolute Gasteiger partial charge is 0.126 e. The second-order valence-electron chi connectivity index (χ2n) is 4.85. The maximum atomic E-state index is 6.08. The third-order valence-electron chi connectivity index (χ3n) is 3.28. The minimum atomic E-state index is 0.287. The fraction of sp³-hybridized carbons (Fsp3) is 0.500. The van der Waals surface area contributed by atoms with E-state index in [1.54, 1.807) is 17.7 Å². The molecule has 1 fully saturated rings. The molecule has 0 spiro atoms. The zero-order chi connectivity index (χ0) is 11.8. The fourth-order valence-corrected chi connectivity index (χ4v) is 3.66. The van der Waals surface area contributed by atoms with E-state index >= 15 is 0 Å². The summed E-state index contributed by atoms with van der Waals surface area (Å²) < 4.78 is 0. The minimum Gasteiger partial charge on any atom is -0.327 e. The van der Waals surface area contributed by atoms with Crippen molar-refractivity contribution in [1.29, 1.82) is 0 Å². The third-order valence-corrected chi connectivity index (χ3v) is 4.50. The standard InChI is InChI=1S/C12H16N4S/c1-16-5-9(2-10(13)6-16)11-3-8-4-14-7-15-12(8)17-11/h3-4,7,9-10H,2,5-6,13H2,1H3. The Labute approximate surface area is 104 Å². The molecule has 2 unspecified atom stereocenters. The van der Waals surface area contributed by atoms with Crippen molar-refractivity contribution >= 4 is 21.6 Å². The van der Waals surface area contributed by atoms with Crippen molar-refractivity contribution in [2.45, 2.75) is 18.4 Å². The van der Waals surface area contributed by atoms with Gasteiger partial charge in [0, 0.05) is 41.5 Å². The second kappa shape index (κ2) is 4.33. The van der Waals surface area contributed by atoms with Crippen LogP contribution < -0.4 is 5.73 Å². The van der Waals surface area contributed by atoms with Crippen molar-refractivity contribution in [2.24, 2.45) is 5.73 Å². The van der Waals surface area contributed by atoms with Gasteiger partial charge in [0.15, 0.2) is 0 Å². The van der Waals surface area contributed by atoms with Crippen LogP contribution in [0.5, 0.6) is 0 Å². The molecule has 1 aliphatic rings. The topological polar surface area (TPSA) is 55.0 Å². The first-order valence-electron chi connectivity index (χ1n) is 5.86. The molecule has 2 aromatic rings. The molecular formula is C12H16N4S. The van der Waals surface area contributed by atoms with Gasteiger partial charge in [-0.05, 0) is 19.5 Å². The van der Waals surface area contributed by atoms with E-state index in [0.717, 1.165) is 29.7 Å². The van der Waals surface area contributed by atoms with Crippen LogP contribution in [0.4, 0.5) is 0 Å². The first kappa shape index (κ1) is 11.1. The van der Waals surface area contributed by atoms with Crippen LogP contribution in [-0.2, 0) is 0 Å². The van der Waals surface area contributed by atoms with Gasteiger partial charge in [0.1, 0.15) is 11.2 Å². The Hall–Kier alpha value is -1.04. The molecule has 3 rings (SSSR count). The summed E-state index contributed by atoms with van der Waals surface area (Å²) in [5.41, 5.74) is 6.08. The monoisotopic (exact) mass is 248 g/mol. The van der Waals surface area contributed by atoms with Gasteiger partial charge < -0.3 is 10.6 Å². The Morgan fingerprint density at radius 3 is 3.12 bits per heavy atom. The number of likely N-dealkylation sites (N-methyl/N-ethyl adjacent to an activating group) is 1. The van der Waals surface area contributed by atoms with Gasteiger partial charge in [0.2, 0.25) is 0 Å². The van der Waals surface area contributed by atoms with Gasteiger partial charge >= 0.3 is 0 Å². The van der Waals surface area contributed by atoms with Crippen molar-refractivity contribution in [3.63, 3.8) is 0 Å². The lowest BCUT2D eigenvalue weighted by Gasteiger charge is -2.33. The minimum absolute atomic E-state index is 0.287. The number of thiophene rings is 1. The lowest BCUT2D eigenvalue weighted by molar-refractivity contribution is 0.228. The molecule has 1 aliphatic heterocycles. The zero-order valence-electron chi connectivity index (χ0n) is 9.84.